The van der Waals surface area contributed by atoms with Crippen molar-refractivity contribution in [3.8, 4) is 0 Å². The second-order valence-electron chi connectivity index (χ2n) is 8.53. The molecule has 160 valence electrons. The SMILES string of the molecule is Cc1cc(NC(=O)N2CCC3(CC2)OCc2ccccc23)n(C2CCS(=O)(=O)C2)n1. The van der Waals surface area contributed by atoms with Crippen LogP contribution in [0.3, 0.4) is 0 Å². The number of hydrogen-bond acceptors (Lipinski definition) is 5. The van der Waals surface area contributed by atoms with E-state index in [1.165, 1.54) is 11.1 Å². The molecule has 30 heavy (non-hydrogen) atoms. The van der Waals surface area contributed by atoms with Crippen LogP contribution in [0.1, 0.15) is 42.1 Å². The molecule has 0 saturated carbocycles. The number of sulfone groups is 1. The van der Waals surface area contributed by atoms with Crippen molar-refractivity contribution in [2.45, 2.75) is 44.4 Å². The minimum absolute atomic E-state index is 0.0694. The molecule has 1 atom stereocenters. The lowest BCUT2D eigenvalue weighted by atomic mass is 9.84. The number of benzene rings is 1. The summed E-state index contributed by atoms with van der Waals surface area (Å²) in [5.41, 5.74) is 2.95. The monoisotopic (exact) mass is 430 g/mol. The minimum Gasteiger partial charge on any atom is -0.365 e. The highest BCUT2D eigenvalue weighted by Gasteiger charge is 2.43. The lowest BCUT2D eigenvalue weighted by Crippen LogP contribution is -2.46. The van der Waals surface area contributed by atoms with Crippen molar-refractivity contribution in [2.24, 2.45) is 0 Å². The molecule has 9 heteroatoms. The normalized spacial score (nSPS) is 24.2. The van der Waals surface area contributed by atoms with Gasteiger partial charge >= 0.3 is 6.03 Å². The number of urea groups is 1. The predicted molar refractivity (Wildman–Crippen MR) is 112 cm³/mol. The van der Waals surface area contributed by atoms with Crippen molar-refractivity contribution in [2.75, 3.05) is 29.9 Å². The van der Waals surface area contributed by atoms with E-state index < -0.39 is 9.84 Å². The van der Waals surface area contributed by atoms with Gasteiger partial charge in [0.1, 0.15) is 5.82 Å². The number of piperidine rings is 1. The molecule has 2 fully saturated rings. The van der Waals surface area contributed by atoms with Gasteiger partial charge in [0.15, 0.2) is 9.84 Å². The molecule has 1 unspecified atom stereocenters. The van der Waals surface area contributed by atoms with Crippen LogP contribution in [-0.2, 0) is 26.8 Å². The first-order valence-electron chi connectivity index (χ1n) is 10.4. The number of amides is 2. The number of aromatic nitrogens is 2. The Kier molecular flexibility index (Phi) is 4.62. The summed E-state index contributed by atoms with van der Waals surface area (Å²) >= 11 is 0. The summed E-state index contributed by atoms with van der Waals surface area (Å²) in [5.74, 6) is 0.793. The molecule has 1 aromatic heterocycles. The number of nitrogens with one attached hydrogen (secondary N) is 1. The summed E-state index contributed by atoms with van der Waals surface area (Å²) in [6.45, 7) is 3.68. The van der Waals surface area contributed by atoms with Gasteiger partial charge in [-0.3, -0.25) is 5.32 Å². The quantitative estimate of drug-likeness (QED) is 0.791. The highest BCUT2D eigenvalue weighted by molar-refractivity contribution is 7.91. The average molecular weight is 431 g/mol. The van der Waals surface area contributed by atoms with E-state index in [9.17, 15) is 13.2 Å². The van der Waals surface area contributed by atoms with Crippen molar-refractivity contribution >= 4 is 21.7 Å². The molecule has 2 amide bonds. The Morgan fingerprint density at radius 1 is 1.27 bits per heavy atom. The summed E-state index contributed by atoms with van der Waals surface area (Å²) in [4.78, 5) is 14.7. The zero-order valence-corrected chi connectivity index (χ0v) is 17.8. The third-order valence-electron chi connectivity index (χ3n) is 6.52. The Balaban J connectivity index is 1.27. The Bertz CT molecular complexity index is 1090. The summed E-state index contributed by atoms with van der Waals surface area (Å²) in [5, 5.41) is 7.39. The molecule has 4 heterocycles. The fourth-order valence-electron chi connectivity index (χ4n) is 4.91. The van der Waals surface area contributed by atoms with Gasteiger partial charge < -0.3 is 9.64 Å². The van der Waals surface area contributed by atoms with Crippen LogP contribution >= 0.6 is 0 Å². The molecule has 0 radical (unpaired) electrons. The molecule has 8 nitrogen and oxygen atoms in total. The van der Waals surface area contributed by atoms with E-state index in [0.29, 0.717) is 31.9 Å². The maximum atomic E-state index is 12.9. The highest BCUT2D eigenvalue weighted by atomic mass is 32.2. The van der Waals surface area contributed by atoms with Gasteiger partial charge in [-0.25, -0.2) is 17.9 Å². The van der Waals surface area contributed by atoms with Gasteiger partial charge in [-0.2, -0.15) is 5.10 Å². The molecular formula is C21H26N4O4S. The number of carbonyl (C=O) groups is 1. The van der Waals surface area contributed by atoms with Gasteiger partial charge in [-0.1, -0.05) is 24.3 Å². The second-order valence-corrected chi connectivity index (χ2v) is 10.8. The van der Waals surface area contributed by atoms with Crippen molar-refractivity contribution < 1.29 is 17.9 Å². The molecule has 3 aliphatic rings. The Labute approximate surface area is 176 Å². The average Bonchev–Trinajstić information content (AvgIpc) is 3.38. The summed E-state index contributed by atoms with van der Waals surface area (Å²) in [7, 11) is -3.04. The fraction of sp³-hybridized carbons (Fsp3) is 0.524. The number of fused-ring (bicyclic) bond motifs is 2. The summed E-state index contributed by atoms with van der Waals surface area (Å²) < 4.78 is 31.6. The number of likely N-dealkylation sites (tertiary alicyclic amines) is 1. The first kappa shape index (κ1) is 19.6. The number of carbonyl (C=O) groups excluding carboxylic acids is 1. The largest absolute Gasteiger partial charge is 0.365 e. The Morgan fingerprint density at radius 2 is 2.03 bits per heavy atom. The first-order chi connectivity index (χ1) is 14.4. The third kappa shape index (κ3) is 3.39. The van der Waals surface area contributed by atoms with E-state index in [1.807, 2.05) is 19.1 Å². The van der Waals surface area contributed by atoms with Gasteiger partial charge in [0.25, 0.3) is 0 Å². The zero-order valence-electron chi connectivity index (χ0n) is 17.0. The molecule has 3 aliphatic heterocycles. The third-order valence-corrected chi connectivity index (χ3v) is 8.27. The first-order valence-corrected chi connectivity index (χ1v) is 12.2. The molecule has 2 saturated heterocycles. The number of ether oxygens (including phenoxy) is 1. The smallest absolute Gasteiger partial charge is 0.323 e. The zero-order chi connectivity index (χ0) is 20.9. The number of rotatable bonds is 2. The molecule has 0 bridgehead atoms. The molecule has 2 aromatic rings. The topological polar surface area (TPSA) is 93.5 Å². The van der Waals surface area contributed by atoms with E-state index in [0.717, 1.165) is 18.5 Å². The number of hydrogen-bond donors (Lipinski definition) is 1. The van der Waals surface area contributed by atoms with Crippen LogP contribution in [0.2, 0.25) is 0 Å². The predicted octanol–water partition coefficient (Wildman–Crippen LogP) is 2.60. The highest BCUT2D eigenvalue weighted by Crippen LogP contribution is 2.44. The molecule has 1 aromatic carbocycles. The summed E-state index contributed by atoms with van der Waals surface area (Å²) in [6.07, 6.45) is 2.04. The van der Waals surface area contributed by atoms with Crippen LogP contribution in [-0.4, -0.2) is 53.7 Å². The molecule has 0 aliphatic carbocycles. The minimum atomic E-state index is -3.04. The van der Waals surface area contributed by atoms with Crippen LogP contribution < -0.4 is 5.32 Å². The van der Waals surface area contributed by atoms with Gasteiger partial charge in [0.05, 0.1) is 35.4 Å². The standard InChI is InChI=1S/C21H26N4O4S/c1-15-12-19(25(23-15)17-6-11-30(27,28)14-17)22-20(26)24-9-7-21(8-10-24)18-5-3-2-4-16(18)13-29-21/h2-5,12,17H,6-11,13-14H2,1H3,(H,22,26). The Hall–Kier alpha value is -2.39. The van der Waals surface area contributed by atoms with Crippen LogP contribution in [0.4, 0.5) is 10.6 Å². The number of anilines is 1. The van der Waals surface area contributed by atoms with E-state index in [-0.39, 0.29) is 29.2 Å². The van der Waals surface area contributed by atoms with E-state index in [4.69, 9.17) is 4.74 Å². The maximum absolute atomic E-state index is 12.9. The van der Waals surface area contributed by atoms with E-state index in [2.05, 4.69) is 22.5 Å². The van der Waals surface area contributed by atoms with Gasteiger partial charge in [0.2, 0.25) is 0 Å². The summed E-state index contributed by atoms with van der Waals surface area (Å²) in [6, 6.07) is 9.70. The van der Waals surface area contributed by atoms with Crippen molar-refractivity contribution in [3.63, 3.8) is 0 Å². The maximum Gasteiger partial charge on any atom is 0.323 e. The molecular weight excluding hydrogens is 404 g/mol. The van der Waals surface area contributed by atoms with Gasteiger partial charge in [-0.15, -0.1) is 0 Å². The van der Waals surface area contributed by atoms with Crippen molar-refractivity contribution in [1.29, 1.82) is 0 Å². The van der Waals surface area contributed by atoms with Crippen LogP contribution in [0.5, 0.6) is 0 Å². The van der Waals surface area contributed by atoms with Crippen LogP contribution in [0.15, 0.2) is 30.3 Å². The Morgan fingerprint density at radius 3 is 2.77 bits per heavy atom. The lowest BCUT2D eigenvalue weighted by molar-refractivity contribution is -0.0722. The van der Waals surface area contributed by atoms with Crippen molar-refractivity contribution in [3.05, 3.63) is 47.2 Å². The van der Waals surface area contributed by atoms with Crippen molar-refractivity contribution in [1.82, 2.24) is 14.7 Å². The molecule has 5 rings (SSSR count). The molecule has 1 spiro atoms. The number of nitrogens with zero attached hydrogens (tertiary/aromatic N) is 3. The molecule has 1 N–H and O–H groups in total. The fourth-order valence-corrected chi connectivity index (χ4v) is 6.61. The van der Waals surface area contributed by atoms with Gasteiger partial charge in [-0.05, 0) is 37.3 Å². The van der Waals surface area contributed by atoms with Gasteiger partial charge in [0, 0.05) is 19.2 Å². The van der Waals surface area contributed by atoms with E-state index >= 15 is 0 Å². The second kappa shape index (κ2) is 7.09. The van der Waals surface area contributed by atoms with E-state index in [1.54, 1.807) is 15.6 Å². The number of aryl methyl sites for hydroxylation is 1. The van der Waals surface area contributed by atoms with Crippen LogP contribution in [0.25, 0.3) is 0 Å². The lowest BCUT2D eigenvalue weighted by Gasteiger charge is -2.39. The van der Waals surface area contributed by atoms with Crippen LogP contribution in [0, 0.1) is 6.92 Å².